The van der Waals surface area contributed by atoms with Gasteiger partial charge in [-0.05, 0) is 27.2 Å². The zero-order chi connectivity index (χ0) is 20.4. The van der Waals surface area contributed by atoms with E-state index in [0.29, 0.717) is 17.3 Å². The van der Waals surface area contributed by atoms with Crippen LogP contribution in [0, 0.1) is 0 Å². The molecule has 0 unspecified atom stereocenters. The van der Waals surface area contributed by atoms with Crippen molar-refractivity contribution in [1.82, 2.24) is 19.1 Å². The number of thioether (sulfide) groups is 1. The molecular formula is C18H26N4O4S. The summed E-state index contributed by atoms with van der Waals surface area (Å²) < 4.78 is 6.56. The Bertz CT molecular complexity index is 978. The van der Waals surface area contributed by atoms with Gasteiger partial charge in [-0.25, -0.2) is 14.8 Å². The second-order valence-electron chi connectivity index (χ2n) is 6.79. The molecule has 148 valence electrons. The summed E-state index contributed by atoms with van der Waals surface area (Å²) >= 11 is 1.15. The number of aromatic nitrogens is 4. The molecule has 0 N–H and O–H groups in total. The Labute approximate surface area is 162 Å². The second-order valence-corrected chi connectivity index (χ2v) is 8.40. The van der Waals surface area contributed by atoms with Crippen LogP contribution >= 0.6 is 11.8 Å². The number of rotatable bonds is 7. The molecule has 2 aromatic heterocycles. The molecule has 27 heavy (non-hydrogen) atoms. The van der Waals surface area contributed by atoms with E-state index in [0.717, 1.165) is 29.2 Å². The zero-order valence-electron chi connectivity index (χ0n) is 16.7. The number of unbranched alkanes of at least 4 members (excludes halogenated alkanes) is 1. The van der Waals surface area contributed by atoms with Crippen LogP contribution in [0.2, 0.25) is 0 Å². The maximum atomic E-state index is 12.8. The first-order chi connectivity index (χ1) is 12.6. The van der Waals surface area contributed by atoms with Crippen molar-refractivity contribution in [1.29, 1.82) is 0 Å². The Morgan fingerprint density at radius 3 is 2.41 bits per heavy atom. The van der Waals surface area contributed by atoms with Gasteiger partial charge in [0.15, 0.2) is 5.65 Å². The first-order valence-electron chi connectivity index (χ1n) is 8.96. The van der Waals surface area contributed by atoms with Crippen molar-refractivity contribution in [2.75, 3.05) is 6.61 Å². The normalized spacial score (nSPS) is 11.8. The molecule has 0 aliphatic rings. The molecule has 0 aromatic carbocycles. The Morgan fingerprint density at radius 1 is 1.15 bits per heavy atom. The molecule has 0 aliphatic heterocycles. The summed E-state index contributed by atoms with van der Waals surface area (Å²) in [5, 5.41) is 0.627. The standard InChI is InChI=1S/C18H26N4O4S/c1-7-9-10-11-19-13-12(15(23)22(6)17(25)21(13)5)14(20-11)27-18(3,4)16(24)26-8-2/h7-10H2,1-6H3. The lowest BCUT2D eigenvalue weighted by Gasteiger charge is -2.22. The third kappa shape index (κ3) is 4.23. The van der Waals surface area contributed by atoms with Crippen LogP contribution in [-0.4, -0.2) is 36.4 Å². The molecule has 0 atom stereocenters. The number of hydrogen-bond donors (Lipinski definition) is 0. The minimum atomic E-state index is -0.945. The molecule has 0 radical (unpaired) electrons. The lowest BCUT2D eigenvalue weighted by molar-refractivity contribution is -0.145. The van der Waals surface area contributed by atoms with Gasteiger partial charge in [0, 0.05) is 20.5 Å². The number of ether oxygens (including phenoxy) is 1. The van der Waals surface area contributed by atoms with Gasteiger partial charge in [0.1, 0.15) is 21.0 Å². The highest BCUT2D eigenvalue weighted by atomic mass is 32.2. The molecule has 9 heteroatoms. The molecule has 0 bridgehead atoms. The van der Waals surface area contributed by atoms with E-state index in [1.165, 1.54) is 11.6 Å². The Hall–Kier alpha value is -2.16. The molecule has 8 nitrogen and oxygen atoms in total. The molecule has 0 aliphatic carbocycles. The minimum absolute atomic E-state index is 0.238. The van der Waals surface area contributed by atoms with Gasteiger partial charge in [-0.2, -0.15) is 0 Å². The summed E-state index contributed by atoms with van der Waals surface area (Å²) in [5.74, 6) is 0.160. The molecule has 2 aromatic rings. The Morgan fingerprint density at radius 2 is 1.81 bits per heavy atom. The summed E-state index contributed by atoms with van der Waals surface area (Å²) in [5.41, 5.74) is -0.642. The van der Waals surface area contributed by atoms with Crippen molar-refractivity contribution < 1.29 is 9.53 Å². The Kier molecular flexibility index (Phi) is 6.46. The van der Waals surface area contributed by atoms with Crippen LogP contribution in [0.15, 0.2) is 14.6 Å². The number of aryl methyl sites for hydroxylation is 2. The van der Waals surface area contributed by atoms with E-state index < -0.39 is 22.0 Å². The van der Waals surface area contributed by atoms with E-state index in [2.05, 4.69) is 16.9 Å². The minimum Gasteiger partial charge on any atom is -0.465 e. The van der Waals surface area contributed by atoms with E-state index >= 15 is 0 Å². The lowest BCUT2D eigenvalue weighted by atomic mass is 10.2. The lowest BCUT2D eigenvalue weighted by Crippen LogP contribution is -2.38. The van der Waals surface area contributed by atoms with Crippen LogP contribution in [-0.2, 0) is 30.0 Å². The molecule has 0 saturated heterocycles. The van der Waals surface area contributed by atoms with Crippen LogP contribution in [0.4, 0.5) is 0 Å². The maximum Gasteiger partial charge on any atom is 0.332 e. The fourth-order valence-electron chi connectivity index (χ4n) is 2.58. The third-order valence-electron chi connectivity index (χ3n) is 4.19. The fourth-order valence-corrected chi connectivity index (χ4v) is 3.64. The van der Waals surface area contributed by atoms with Gasteiger partial charge in [0.2, 0.25) is 0 Å². The average molecular weight is 394 g/mol. The number of hydrogen-bond acceptors (Lipinski definition) is 7. The molecule has 2 rings (SSSR count). The van der Waals surface area contributed by atoms with Crippen molar-refractivity contribution in [3.05, 3.63) is 26.7 Å². The van der Waals surface area contributed by atoms with Gasteiger partial charge in [-0.15, -0.1) is 0 Å². The van der Waals surface area contributed by atoms with Crippen LogP contribution in [0.5, 0.6) is 0 Å². The van der Waals surface area contributed by atoms with Crippen LogP contribution in [0.1, 0.15) is 46.4 Å². The average Bonchev–Trinajstić information content (AvgIpc) is 2.62. The molecule has 0 saturated carbocycles. The van der Waals surface area contributed by atoms with Crippen molar-refractivity contribution >= 4 is 28.8 Å². The SMILES string of the molecule is CCCCc1nc(SC(C)(C)C(=O)OCC)c2c(=O)n(C)c(=O)n(C)c2n1. The number of fused-ring (bicyclic) bond motifs is 1. The number of carbonyl (C=O) groups excluding carboxylic acids is 1. The van der Waals surface area contributed by atoms with Crippen molar-refractivity contribution in [2.45, 2.75) is 56.7 Å². The van der Waals surface area contributed by atoms with Crippen molar-refractivity contribution in [3.8, 4) is 0 Å². The summed E-state index contributed by atoms with van der Waals surface area (Å²) in [4.78, 5) is 46.4. The molecule has 0 amide bonds. The monoisotopic (exact) mass is 394 g/mol. The van der Waals surface area contributed by atoms with E-state index in [9.17, 15) is 14.4 Å². The largest absolute Gasteiger partial charge is 0.465 e. The first-order valence-corrected chi connectivity index (χ1v) is 9.78. The van der Waals surface area contributed by atoms with Crippen LogP contribution < -0.4 is 11.2 Å². The van der Waals surface area contributed by atoms with Crippen molar-refractivity contribution in [3.63, 3.8) is 0 Å². The quantitative estimate of drug-likeness (QED) is 0.401. The highest BCUT2D eigenvalue weighted by molar-refractivity contribution is 8.01. The zero-order valence-corrected chi connectivity index (χ0v) is 17.5. The topological polar surface area (TPSA) is 96.1 Å². The Balaban J connectivity index is 2.74. The third-order valence-corrected chi connectivity index (χ3v) is 5.35. The smallest absolute Gasteiger partial charge is 0.332 e. The van der Waals surface area contributed by atoms with Gasteiger partial charge in [-0.1, -0.05) is 25.1 Å². The van der Waals surface area contributed by atoms with Gasteiger partial charge < -0.3 is 4.74 Å². The number of carbonyl (C=O) groups is 1. The summed E-state index contributed by atoms with van der Waals surface area (Å²) in [6.45, 7) is 7.52. The fraction of sp³-hybridized carbons (Fsp3) is 0.611. The number of esters is 1. The maximum absolute atomic E-state index is 12.8. The predicted octanol–water partition coefficient (Wildman–Crippen LogP) is 1.80. The number of nitrogens with zero attached hydrogens (tertiary/aromatic N) is 4. The van der Waals surface area contributed by atoms with E-state index in [1.807, 2.05) is 0 Å². The van der Waals surface area contributed by atoms with Crippen molar-refractivity contribution in [2.24, 2.45) is 14.1 Å². The molecule has 0 spiro atoms. The van der Waals surface area contributed by atoms with Gasteiger partial charge in [0.05, 0.1) is 6.61 Å². The van der Waals surface area contributed by atoms with Crippen LogP contribution in [0.25, 0.3) is 11.0 Å². The highest BCUT2D eigenvalue weighted by Gasteiger charge is 2.33. The van der Waals surface area contributed by atoms with E-state index in [-0.39, 0.29) is 17.6 Å². The molecule has 0 fully saturated rings. The van der Waals surface area contributed by atoms with E-state index in [4.69, 9.17) is 4.74 Å². The van der Waals surface area contributed by atoms with Crippen LogP contribution in [0.3, 0.4) is 0 Å². The highest BCUT2D eigenvalue weighted by Crippen LogP contribution is 2.35. The van der Waals surface area contributed by atoms with Gasteiger partial charge in [0.25, 0.3) is 5.56 Å². The molecule has 2 heterocycles. The predicted molar refractivity (Wildman–Crippen MR) is 105 cm³/mol. The molecular weight excluding hydrogens is 368 g/mol. The summed E-state index contributed by atoms with van der Waals surface area (Å²) in [7, 11) is 2.99. The second kappa shape index (κ2) is 8.24. The van der Waals surface area contributed by atoms with E-state index in [1.54, 1.807) is 27.8 Å². The summed E-state index contributed by atoms with van der Waals surface area (Å²) in [6.07, 6.45) is 2.48. The first kappa shape index (κ1) is 21.1. The van der Waals surface area contributed by atoms with Gasteiger partial charge >= 0.3 is 11.7 Å². The van der Waals surface area contributed by atoms with Gasteiger partial charge in [-0.3, -0.25) is 18.7 Å². The summed E-state index contributed by atoms with van der Waals surface area (Å²) in [6, 6.07) is 0.